The zero-order chi connectivity index (χ0) is 52.6. The summed E-state index contributed by atoms with van der Waals surface area (Å²) in [5.74, 6) is -6.33. The van der Waals surface area contributed by atoms with E-state index in [1.807, 2.05) is 0 Å². The summed E-state index contributed by atoms with van der Waals surface area (Å²) in [4.78, 5) is 82.3. The number of halogens is 6. The topological polar surface area (TPSA) is 158 Å². The Morgan fingerprint density at radius 2 is 0.630 bits per heavy atom. The Morgan fingerprint density at radius 1 is 0.356 bits per heavy atom. The lowest BCUT2D eigenvalue weighted by Gasteiger charge is -2.35. The smallest absolute Gasteiger partial charge is 0.338 e. The molecule has 0 spiro atoms. The van der Waals surface area contributed by atoms with E-state index in [1.165, 1.54) is 146 Å². The van der Waals surface area contributed by atoms with E-state index < -0.39 is 72.1 Å². The zero-order valence-corrected chi connectivity index (χ0v) is 43.6. The molecule has 6 atom stereocenters. The highest BCUT2D eigenvalue weighted by molar-refractivity contribution is 6.32. The summed E-state index contributed by atoms with van der Waals surface area (Å²) in [7, 11) is 0. The molecule has 0 heterocycles. The third kappa shape index (κ3) is 17.2. The molecule has 73 heavy (non-hydrogen) atoms. The number of benzene rings is 6. The molecule has 6 rings (SSSR count). The normalized spacial score (nSPS) is 13.5. The molecule has 0 unspecified atom stereocenters. The van der Waals surface area contributed by atoms with Crippen LogP contribution >= 0.6 is 69.6 Å². The molecule has 0 saturated carbocycles. The minimum Gasteiger partial charge on any atom is -0.462 e. The first kappa shape index (κ1) is 56.2. The van der Waals surface area contributed by atoms with E-state index in [1.54, 1.807) is 13.8 Å². The molecule has 0 radical (unpaired) electrons. The summed E-state index contributed by atoms with van der Waals surface area (Å²) in [6.07, 6.45) is -5.47. The highest BCUT2D eigenvalue weighted by Crippen LogP contribution is 2.31. The van der Waals surface area contributed by atoms with Crippen molar-refractivity contribution >= 4 is 105 Å². The molecule has 0 bridgehead atoms. The van der Waals surface area contributed by atoms with E-state index in [0.717, 1.165) is 0 Å². The quantitative estimate of drug-likeness (QED) is 0.0469. The van der Waals surface area contributed by atoms with Crippen LogP contribution in [0, 0.1) is 11.8 Å². The fourth-order valence-corrected chi connectivity index (χ4v) is 7.96. The van der Waals surface area contributed by atoms with E-state index in [4.69, 9.17) is 98.0 Å². The van der Waals surface area contributed by atoms with E-state index in [-0.39, 0.29) is 65.9 Å². The second-order valence-corrected chi connectivity index (χ2v) is 19.3. The predicted molar refractivity (Wildman–Crippen MR) is 278 cm³/mol. The van der Waals surface area contributed by atoms with Gasteiger partial charge in [-0.2, -0.15) is 0 Å². The van der Waals surface area contributed by atoms with Crippen LogP contribution in [0.25, 0.3) is 0 Å². The SMILES string of the molecule is C[C@@H]([C@@H](C[C@H](CCOC(=O)c1ccc(Cl)cc1)OC(=O)c1ccc(Cl)cc1)OC(=O)c1ccc(Cl)cc1)[C@@H](C[C@@H](OC(=O)c1ccc(Cl)cc1)[C@H](C)COC(=O)c1ccc(Cl)cc1)OC(=O)c1ccc(Cl)cc1. The van der Waals surface area contributed by atoms with Crippen LogP contribution in [-0.2, 0) is 28.4 Å². The highest BCUT2D eigenvalue weighted by Gasteiger charge is 2.39. The molecule has 0 aliphatic carbocycles. The van der Waals surface area contributed by atoms with Gasteiger partial charge in [0.1, 0.15) is 24.4 Å². The largest absolute Gasteiger partial charge is 0.462 e. The summed E-state index contributed by atoms with van der Waals surface area (Å²) < 4.78 is 36.2. The van der Waals surface area contributed by atoms with Gasteiger partial charge in [-0.1, -0.05) is 83.5 Å². The number of rotatable bonds is 22. The molecule has 18 heteroatoms. The van der Waals surface area contributed by atoms with Gasteiger partial charge in [0.25, 0.3) is 0 Å². The van der Waals surface area contributed by atoms with Gasteiger partial charge in [0.2, 0.25) is 0 Å². The van der Waals surface area contributed by atoms with Gasteiger partial charge in [-0.3, -0.25) is 0 Å². The van der Waals surface area contributed by atoms with Crippen LogP contribution in [0.1, 0.15) is 95.3 Å². The van der Waals surface area contributed by atoms with E-state index in [9.17, 15) is 28.8 Å². The van der Waals surface area contributed by atoms with Gasteiger partial charge in [-0.25, -0.2) is 28.8 Å². The average molecular weight is 1110 g/mol. The van der Waals surface area contributed by atoms with Crippen LogP contribution in [0.4, 0.5) is 0 Å². The van der Waals surface area contributed by atoms with Crippen molar-refractivity contribution in [3.8, 4) is 0 Å². The minimum atomic E-state index is -1.28. The number of carbonyl (C=O) groups excluding carboxylic acids is 6. The van der Waals surface area contributed by atoms with Crippen molar-refractivity contribution in [2.45, 2.75) is 57.5 Å². The maximum Gasteiger partial charge on any atom is 0.338 e. The molecule has 0 aliphatic rings. The lowest BCUT2D eigenvalue weighted by Crippen LogP contribution is -2.42. The molecule has 0 fully saturated rings. The van der Waals surface area contributed by atoms with Crippen molar-refractivity contribution < 1.29 is 57.2 Å². The van der Waals surface area contributed by atoms with E-state index >= 15 is 0 Å². The Morgan fingerprint density at radius 3 is 0.973 bits per heavy atom. The molecule has 0 aliphatic heterocycles. The number of hydrogen-bond acceptors (Lipinski definition) is 12. The molecule has 0 amide bonds. The van der Waals surface area contributed by atoms with Crippen molar-refractivity contribution in [2.24, 2.45) is 11.8 Å². The summed E-state index contributed by atoms with van der Waals surface area (Å²) >= 11 is 36.7. The Kier molecular flexibility index (Phi) is 21.0. The van der Waals surface area contributed by atoms with Gasteiger partial charge in [-0.15, -0.1) is 0 Å². The van der Waals surface area contributed by atoms with Gasteiger partial charge in [0.05, 0.1) is 46.6 Å². The first-order valence-electron chi connectivity index (χ1n) is 22.6. The lowest BCUT2D eigenvalue weighted by atomic mass is 9.87. The summed E-state index contributed by atoms with van der Waals surface area (Å²) in [6, 6.07) is 35.9. The van der Waals surface area contributed by atoms with Crippen LogP contribution in [0.15, 0.2) is 146 Å². The van der Waals surface area contributed by atoms with Crippen LogP contribution in [0.5, 0.6) is 0 Å². The summed E-state index contributed by atoms with van der Waals surface area (Å²) in [5.41, 5.74) is 0.918. The Labute approximate surface area is 451 Å². The van der Waals surface area contributed by atoms with Crippen molar-refractivity contribution in [3.05, 3.63) is 209 Å². The molecule has 380 valence electrons. The van der Waals surface area contributed by atoms with Gasteiger partial charge < -0.3 is 28.4 Å². The Balaban J connectivity index is 1.38. The monoisotopic (exact) mass is 1110 g/mol. The highest BCUT2D eigenvalue weighted by atomic mass is 35.5. The maximum absolute atomic E-state index is 14.2. The first-order valence-corrected chi connectivity index (χ1v) is 24.9. The standard InChI is InChI=1S/C55H46Cl6O12/c1-32(31-69-51(63)35-5-17-41(57)18-6-35)47(71-53(65)37-9-21-43(59)22-10-37)30-49(73-55(67)39-13-25-45(61)26-14-39)33(2)48(72-54(66)38-11-23-44(60)24-12-38)29-46(70-52(64)36-7-19-42(58)20-8-36)27-28-68-50(62)34-3-15-40(56)16-4-34/h3-26,32-33,46-49H,27-31H2,1-2H3/t32-,33+,46+,47-,48-,49-/m1/s1. The molecular formula is C55H46Cl6O12. The molecule has 0 saturated heterocycles. The minimum absolute atomic E-state index is 0.104. The Bertz CT molecular complexity index is 2830. The Hall–Kier alpha value is -6.12. The van der Waals surface area contributed by atoms with Crippen LogP contribution < -0.4 is 0 Å². The van der Waals surface area contributed by atoms with Gasteiger partial charge in [0.15, 0.2) is 0 Å². The van der Waals surface area contributed by atoms with Crippen LogP contribution in [0.3, 0.4) is 0 Å². The maximum atomic E-state index is 14.2. The second-order valence-electron chi connectivity index (χ2n) is 16.7. The zero-order valence-electron chi connectivity index (χ0n) is 39.0. The summed E-state index contributed by atoms with van der Waals surface area (Å²) in [5, 5.41) is 2.27. The summed E-state index contributed by atoms with van der Waals surface area (Å²) in [6.45, 7) is 2.77. The fraction of sp³-hybridized carbons (Fsp3) is 0.236. The van der Waals surface area contributed by atoms with Crippen molar-refractivity contribution in [2.75, 3.05) is 13.2 Å². The molecule has 0 aromatic heterocycles. The fourth-order valence-electron chi connectivity index (χ4n) is 7.21. The van der Waals surface area contributed by atoms with E-state index in [0.29, 0.717) is 30.1 Å². The molecule has 6 aromatic carbocycles. The first-order chi connectivity index (χ1) is 34.9. The van der Waals surface area contributed by atoms with Gasteiger partial charge >= 0.3 is 35.8 Å². The predicted octanol–water partition coefficient (Wildman–Crippen LogP) is 14.0. The molecular weight excluding hydrogens is 1070 g/mol. The lowest BCUT2D eigenvalue weighted by molar-refractivity contribution is -0.0660. The average Bonchev–Trinajstić information content (AvgIpc) is 3.37. The van der Waals surface area contributed by atoms with Gasteiger partial charge in [-0.05, 0) is 146 Å². The third-order valence-electron chi connectivity index (χ3n) is 11.4. The molecule has 0 N–H and O–H groups in total. The van der Waals surface area contributed by atoms with Crippen LogP contribution in [-0.4, -0.2) is 73.4 Å². The number of hydrogen-bond donors (Lipinski definition) is 0. The van der Waals surface area contributed by atoms with Crippen molar-refractivity contribution in [1.82, 2.24) is 0 Å². The number of esters is 6. The van der Waals surface area contributed by atoms with Gasteiger partial charge in [0, 0.05) is 61.2 Å². The molecule has 6 aromatic rings. The molecule has 12 nitrogen and oxygen atoms in total. The van der Waals surface area contributed by atoms with Crippen LogP contribution in [0.2, 0.25) is 30.1 Å². The number of carbonyl (C=O) groups is 6. The number of ether oxygens (including phenoxy) is 6. The second kappa shape index (κ2) is 27.2. The van der Waals surface area contributed by atoms with Crippen molar-refractivity contribution in [1.29, 1.82) is 0 Å². The third-order valence-corrected chi connectivity index (χ3v) is 13.0. The van der Waals surface area contributed by atoms with E-state index in [2.05, 4.69) is 0 Å². The van der Waals surface area contributed by atoms with Crippen molar-refractivity contribution in [3.63, 3.8) is 0 Å².